The zero-order valence-corrected chi connectivity index (χ0v) is 8.55. The van der Waals surface area contributed by atoms with Crippen molar-refractivity contribution < 1.29 is 5.11 Å². The van der Waals surface area contributed by atoms with E-state index < -0.39 is 0 Å². The first kappa shape index (κ1) is 9.27. The van der Waals surface area contributed by atoms with Crippen molar-refractivity contribution in [2.45, 2.75) is 6.42 Å². The third-order valence-corrected chi connectivity index (χ3v) is 2.62. The van der Waals surface area contributed by atoms with E-state index in [4.69, 9.17) is 12.2 Å². The lowest BCUT2D eigenvalue weighted by Crippen LogP contribution is -2.46. The highest BCUT2D eigenvalue weighted by atomic mass is 32.1. The first-order chi connectivity index (χ1) is 6.79. The van der Waals surface area contributed by atoms with Gasteiger partial charge in [0, 0.05) is 13.1 Å². The summed E-state index contributed by atoms with van der Waals surface area (Å²) in [5.41, 5.74) is 0.782. The highest BCUT2D eigenvalue weighted by molar-refractivity contribution is 7.80. The van der Waals surface area contributed by atoms with Crippen molar-refractivity contribution >= 4 is 23.0 Å². The average Bonchev–Trinajstić information content (AvgIpc) is 2.20. The predicted molar refractivity (Wildman–Crippen MR) is 60.7 cm³/mol. The van der Waals surface area contributed by atoms with Crippen molar-refractivity contribution in [1.82, 2.24) is 5.32 Å². The lowest BCUT2D eigenvalue weighted by molar-refractivity contribution is 0.475. The van der Waals surface area contributed by atoms with Gasteiger partial charge in [0.05, 0.1) is 5.69 Å². The van der Waals surface area contributed by atoms with Crippen LogP contribution in [0.15, 0.2) is 24.3 Å². The Bertz CT molecular complexity index is 354. The normalized spacial score (nSPS) is 16.6. The van der Waals surface area contributed by atoms with Crippen LogP contribution >= 0.6 is 12.2 Å². The number of aromatic hydroxyl groups is 1. The van der Waals surface area contributed by atoms with E-state index in [1.54, 1.807) is 12.1 Å². The number of phenols is 1. The molecular weight excluding hydrogens is 196 g/mol. The van der Waals surface area contributed by atoms with E-state index in [1.165, 1.54) is 0 Å². The Kier molecular flexibility index (Phi) is 2.54. The molecule has 3 nitrogen and oxygen atoms in total. The lowest BCUT2D eigenvalue weighted by Gasteiger charge is -2.30. The average molecular weight is 208 g/mol. The van der Waals surface area contributed by atoms with E-state index in [2.05, 4.69) is 5.32 Å². The summed E-state index contributed by atoms with van der Waals surface area (Å²) < 4.78 is 0. The summed E-state index contributed by atoms with van der Waals surface area (Å²) in [6.07, 6.45) is 1.04. The Morgan fingerprint density at radius 1 is 1.36 bits per heavy atom. The van der Waals surface area contributed by atoms with Crippen LogP contribution in [-0.4, -0.2) is 23.3 Å². The van der Waals surface area contributed by atoms with Gasteiger partial charge in [0.25, 0.3) is 0 Å². The van der Waals surface area contributed by atoms with Gasteiger partial charge in [-0.25, -0.2) is 0 Å². The van der Waals surface area contributed by atoms with E-state index in [0.717, 1.165) is 25.2 Å². The van der Waals surface area contributed by atoms with E-state index in [-0.39, 0.29) is 5.75 Å². The largest absolute Gasteiger partial charge is 0.506 e. The van der Waals surface area contributed by atoms with Crippen LogP contribution in [0.25, 0.3) is 0 Å². The van der Waals surface area contributed by atoms with Crippen LogP contribution in [0.4, 0.5) is 5.69 Å². The second-order valence-electron chi connectivity index (χ2n) is 3.23. The molecule has 1 aliphatic heterocycles. The summed E-state index contributed by atoms with van der Waals surface area (Å²) in [7, 11) is 0. The highest BCUT2D eigenvalue weighted by Gasteiger charge is 2.17. The number of phenolic OH excluding ortho intramolecular Hbond substituents is 1. The van der Waals surface area contributed by atoms with Gasteiger partial charge in [0.2, 0.25) is 0 Å². The molecule has 4 heteroatoms. The number of para-hydroxylation sites is 2. The summed E-state index contributed by atoms with van der Waals surface area (Å²) in [6, 6.07) is 7.24. The molecule has 0 aromatic heterocycles. The molecule has 0 spiro atoms. The standard InChI is InChI=1S/C10H12N2OS/c13-9-5-2-1-4-8(9)12-7-3-6-11-10(12)14/h1-2,4-5,13H,3,6-7H2,(H,11,14). The molecular formula is C10H12N2OS. The maximum Gasteiger partial charge on any atom is 0.173 e. The van der Waals surface area contributed by atoms with Crippen LogP contribution < -0.4 is 10.2 Å². The Hall–Kier alpha value is -1.29. The summed E-state index contributed by atoms with van der Waals surface area (Å²) in [5.74, 6) is 0.276. The fraction of sp³-hybridized carbons (Fsp3) is 0.300. The third kappa shape index (κ3) is 1.65. The van der Waals surface area contributed by atoms with Gasteiger partial charge in [-0.3, -0.25) is 0 Å². The zero-order valence-electron chi connectivity index (χ0n) is 7.73. The lowest BCUT2D eigenvalue weighted by atomic mass is 10.2. The Labute approximate surface area is 88.3 Å². The molecule has 1 aliphatic rings. The Balaban J connectivity index is 2.29. The fourth-order valence-corrected chi connectivity index (χ4v) is 1.84. The molecule has 1 heterocycles. The summed E-state index contributed by atoms with van der Waals surface area (Å²) in [4.78, 5) is 1.92. The molecule has 0 saturated carbocycles. The molecule has 0 atom stereocenters. The maximum absolute atomic E-state index is 9.65. The summed E-state index contributed by atoms with van der Waals surface area (Å²) in [6.45, 7) is 1.78. The number of rotatable bonds is 1. The van der Waals surface area contributed by atoms with Gasteiger partial charge >= 0.3 is 0 Å². The second-order valence-corrected chi connectivity index (χ2v) is 3.61. The molecule has 1 aromatic rings. The summed E-state index contributed by atoms with van der Waals surface area (Å²) in [5, 5.41) is 13.4. The molecule has 1 fully saturated rings. The second kappa shape index (κ2) is 3.84. The minimum absolute atomic E-state index is 0.276. The molecule has 1 saturated heterocycles. The van der Waals surface area contributed by atoms with Crippen molar-refractivity contribution in [2.24, 2.45) is 0 Å². The van der Waals surface area contributed by atoms with E-state index in [1.807, 2.05) is 17.0 Å². The minimum atomic E-state index is 0.276. The number of hydrogen-bond donors (Lipinski definition) is 2. The van der Waals surface area contributed by atoms with Crippen LogP contribution in [0.3, 0.4) is 0 Å². The summed E-state index contributed by atoms with van der Waals surface area (Å²) >= 11 is 5.17. The van der Waals surface area contributed by atoms with Crippen molar-refractivity contribution in [3.8, 4) is 5.75 Å². The van der Waals surface area contributed by atoms with Gasteiger partial charge in [0.1, 0.15) is 5.75 Å². The molecule has 1 aromatic carbocycles. The minimum Gasteiger partial charge on any atom is -0.506 e. The first-order valence-electron chi connectivity index (χ1n) is 4.62. The Morgan fingerprint density at radius 3 is 2.86 bits per heavy atom. The smallest absolute Gasteiger partial charge is 0.173 e. The maximum atomic E-state index is 9.65. The number of hydrogen-bond acceptors (Lipinski definition) is 2. The molecule has 0 amide bonds. The number of thiocarbonyl (C=S) groups is 1. The fourth-order valence-electron chi connectivity index (χ4n) is 1.55. The third-order valence-electron chi connectivity index (χ3n) is 2.25. The highest BCUT2D eigenvalue weighted by Crippen LogP contribution is 2.27. The van der Waals surface area contributed by atoms with E-state index in [0.29, 0.717) is 5.11 Å². The van der Waals surface area contributed by atoms with Crippen LogP contribution in [0.5, 0.6) is 5.75 Å². The van der Waals surface area contributed by atoms with E-state index in [9.17, 15) is 5.11 Å². The van der Waals surface area contributed by atoms with Gasteiger partial charge in [-0.2, -0.15) is 0 Å². The van der Waals surface area contributed by atoms with Crippen molar-refractivity contribution in [2.75, 3.05) is 18.0 Å². The Morgan fingerprint density at radius 2 is 2.14 bits per heavy atom. The number of anilines is 1. The molecule has 74 valence electrons. The van der Waals surface area contributed by atoms with Gasteiger partial charge in [-0.05, 0) is 30.8 Å². The van der Waals surface area contributed by atoms with Gasteiger partial charge < -0.3 is 15.3 Å². The van der Waals surface area contributed by atoms with E-state index >= 15 is 0 Å². The van der Waals surface area contributed by atoms with Gasteiger partial charge in [-0.1, -0.05) is 12.1 Å². The van der Waals surface area contributed by atoms with Crippen LogP contribution in [-0.2, 0) is 0 Å². The van der Waals surface area contributed by atoms with Gasteiger partial charge in [-0.15, -0.1) is 0 Å². The number of nitrogens with zero attached hydrogens (tertiary/aromatic N) is 1. The van der Waals surface area contributed by atoms with Crippen molar-refractivity contribution in [3.63, 3.8) is 0 Å². The number of nitrogens with one attached hydrogen (secondary N) is 1. The molecule has 2 rings (SSSR count). The van der Waals surface area contributed by atoms with Crippen LogP contribution in [0, 0.1) is 0 Å². The first-order valence-corrected chi connectivity index (χ1v) is 5.03. The molecule has 2 N–H and O–H groups in total. The van der Waals surface area contributed by atoms with Crippen molar-refractivity contribution in [3.05, 3.63) is 24.3 Å². The SMILES string of the molecule is Oc1ccccc1N1CCCNC1=S. The predicted octanol–water partition coefficient (Wildman–Crippen LogP) is 1.48. The van der Waals surface area contributed by atoms with Gasteiger partial charge in [0.15, 0.2) is 5.11 Å². The monoisotopic (exact) mass is 208 g/mol. The van der Waals surface area contributed by atoms with Crippen LogP contribution in [0.1, 0.15) is 6.42 Å². The molecule has 0 unspecified atom stereocenters. The molecule has 14 heavy (non-hydrogen) atoms. The molecule has 0 aliphatic carbocycles. The van der Waals surface area contributed by atoms with Crippen molar-refractivity contribution in [1.29, 1.82) is 0 Å². The number of benzene rings is 1. The molecule has 0 bridgehead atoms. The zero-order chi connectivity index (χ0) is 9.97. The quantitative estimate of drug-likeness (QED) is 0.685. The topological polar surface area (TPSA) is 35.5 Å². The van der Waals surface area contributed by atoms with Crippen LogP contribution in [0.2, 0.25) is 0 Å². The molecule has 0 radical (unpaired) electrons.